The summed E-state index contributed by atoms with van der Waals surface area (Å²) in [6, 6.07) is 9.11. The van der Waals surface area contributed by atoms with Gasteiger partial charge in [0.05, 0.1) is 5.52 Å². The molecule has 1 amide bonds. The van der Waals surface area contributed by atoms with Crippen molar-refractivity contribution in [3.05, 3.63) is 74.8 Å². The van der Waals surface area contributed by atoms with Crippen LogP contribution >= 0.6 is 11.3 Å². The molecule has 0 spiro atoms. The molecule has 1 aromatic carbocycles. The van der Waals surface area contributed by atoms with E-state index < -0.39 is 0 Å². The van der Waals surface area contributed by atoms with E-state index in [1.807, 2.05) is 39.0 Å². The van der Waals surface area contributed by atoms with Crippen LogP contribution in [-0.2, 0) is 7.05 Å². The molecule has 3 aromatic heterocycles. The highest BCUT2D eigenvalue weighted by Gasteiger charge is 2.15. The van der Waals surface area contributed by atoms with E-state index in [-0.39, 0.29) is 11.5 Å². The van der Waals surface area contributed by atoms with Crippen molar-refractivity contribution in [2.75, 3.05) is 5.32 Å². The summed E-state index contributed by atoms with van der Waals surface area (Å²) in [6.07, 6.45) is 3.49. The van der Waals surface area contributed by atoms with Crippen molar-refractivity contribution in [3.63, 3.8) is 0 Å². The van der Waals surface area contributed by atoms with Crippen molar-refractivity contribution in [1.82, 2.24) is 14.5 Å². The molecule has 0 aliphatic heterocycles. The minimum atomic E-state index is -0.254. The SMILES string of the molecule is Cc1cc2c(cn1)cc(-c1cc(C(=O)Nc3ncc(C)s3)ccc1C)c(=O)n2C. The third-order valence-corrected chi connectivity index (χ3v) is 5.70. The van der Waals surface area contributed by atoms with Gasteiger partial charge in [-0.05, 0) is 56.2 Å². The first-order chi connectivity index (χ1) is 13.8. The van der Waals surface area contributed by atoms with Gasteiger partial charge in [-0.3, -0.25) is 19.9 Å². The van der Waals surface area contributed by atoms with Crippen molar-refractivity contribution in [3.8, 4) is 11.1 Å². The molecule has 0 unspecified atom stereocenters. The number of carbonyl (C=O) groups is 1. The number of nitrogens with zero attached hydrogens (tertiary/aromatic N) is 3. The molecule has 0 aliphatic carbocycles. The number of benzene rings is 1. The van der Waals surface area contributed by atoms with E-state index in [1.54, 1.807) is 36.1 Å². The third-order valence-electron chi connectivity index (χ3n) is 4.88. The van der Waals surface area contributed by atoms with Crippen molar-refractivity contribution in [1.29, 1.82) is 0 Å². The summed E-state index contributed by atoms with van der Waals surface area (Å²) in [5.74, 6) is -0.254. The Kier molecular flexibility index (Phi) is 4.76. The summed E-state index contributed by atoms with van der Waals surface area (Å²) in [4.78, 5) is 35.3. The third kappa shape index (κ3) is 3.56. The highest BCUT2D eigenvalue weighted by atomic mass is 32.1. The van der Waals surface area contributed by atoms with Crippen LogP contribution < -0.4 is 10.9 Å². The van der Waals surface area contributed by atoms with Crippen LogP contribution in [0.25, 0.3) is 22.0 Å². The van der Waals surface area contributed by atoms with Gasteiger partial charge < -0.3 is 4.57 Å². The number of amides is 1. The van der Waals surface area contributed by atoms with E-state index in [0.29, 0.717) is 16.3 Å². The van der Waals surface area contributed by atoms with Crippen molar-refractivity contribution in [2.24, 2.45) is 7.05 Å². The fourth-order valence-electron chi connectivity index (χ4n) is 3.29. The second-order valence-electron chi connectivity index (χ2n) is 7.07. The second-order valence-corrected chi connectivity index (χ2v) is 8.30. The first-order valence-electron chi connectivity index (χ1n) is 9.14. The first-order valence-corrected chi connectivity index (χ1v) is 9.96. The maximum atomic E-state index is 13.1. The molecule has 0 radical (unpaired) electrons. The summed E-state index contributed by atoms with van der Waals surface area (Å²) in [5.41, 5.74) is 4.24. The molecule has 1 N–H and O–H groups in total. The zero-order chi connectivity index (χ0) is 20.7. The van der Waals surface area contributed by atoms with Crippen LogP contribution in [0.4, 0.5) is 5.13 Å². The monoisotopic (exact) mass is 404 g/mol. The van der Waals surface area contributed by atoms with Crippen molar-refractivity contribution >= 4 is 33.3 Å². The number of thiazole rings is 1. The Balaban J connectivity index is 1.80. The van der Waals surface area contributed by atoms with Crippen LogP contribution in [-0.4, -0.2) is 20.4 Å². The fourth-order valence-corrected chi connectivity index (χ4v) is 3.95. The zero-order valence-corrected chi connectivity index (χ0v) is 17.4. The van der Waals surface area contributed by atoms with E-state index >= 15 is 0 Å². The van der Waals surface area contributed by atoms with Crippen LogP contribution in [0.2, 0.25) is 0 Å². The molecule has 4 aromatic rings. The van der Waals surface area contributed by atoms with Gasteiger partial charge in [-0.15, -0.1) is 11.3 Å². The van der Waals surface area contributed by atoms with Crippen molar-refractivity contribution in [2.45, 2.75) is 20.8 Å². The van der Waals surface area contributed by atoms with Gasteiger partial charge in [0.2, 0.25) is 0 Å². The lowest BCUT2D eigenvalue weighted by Gasteiger charge is -2.12. The summed E-state index contributed by atoms with van der Waals surface area (Å²) >= 11 is 1.42. The first kappa shape index (κ1) is 19.0. The number of aryl methyl sites for hydroxylation is 4. The van der Waals surface area contributed by atoms with Gasteiger partial charge >= 0.3 is 0 Å². The lowest BCUT2D eigenvalue weighted by atomic mass is 9.97. The van der Waals surface area contributed by atoms with Crippen molar-refractivity contribution < 1.29 is 4.79 Å². The van der Waals surface area contributed by atoms with Gasteiger partial charge in [0.25, 0.3) is 11.5 Å². The highest BCUT2D eigenvalue weighted by Crippen LogP contribution is 2.26. The number of rotatable bonds is 3. The Hall–Kier alpha value is -3.32. The predicted octanol–water partition coefficient (Wildman–Crippen LogP) is 4.23. The smallest absolute Gasteiger partial charge is 0.258 e. The van der Waals surface area contributed by atoms with Crippen LogP contribution in [0.15, 0.2) is 47.5 Å². The number of hydrogen-bond acceptors (Lipinski definition) is 5. The molecular formula is C22H20N4O2S. The Bertz CT molecular complexity index is 1320. The van der Waals surface area contributed by atoms with Crippen LogP contribution in [0.1, 0.15) is 26.5 Å². The van der Waals surface area contributed by atoms with Crippen LogP contribution in [0, 0.1) is 20.8 Å². The maximum Gasteiger partial charge on any atom is 0.258 e. The van der Waals surface area contributed by atoms with Gasteiger partial charge in [0, 0.05) is 46.5 Å². The molecule has 0 saturated heterocycles. The largest absolute Gasteiger partial charge is 0.311 e. The molecule has 0 bridgehead atoms. The Labute approximate surface area is 171 Å². The second kappa shape index (κ2) is 7.25. The normalized spacial score (nSPS) is 11.0. The Morgan fingerprint density at radius 3 is 2.55 bits per heavy atom. The molecule has 0 fully saturated rings. The average Bonchev–Trinajstić information content (AvgIpc) is 3.10. The molecule has 7 heteroatoms. The van der Waals surface area contributed by atoms with Gasteiger partial charge in [0.15, 0.2) is 5.13 Å². The summed E-state index contributed by atoms with van der Waals surface area (Å²) in [7, 11) is 1.75. The Morgan fingerprint density at radius 2 is 1.83 bits per heavy atom. The number of aromatic nitrogens is 3. The van der Waals surface area contributed by atoms with Gasteiger partial charge in [0.1, 0.15) is 0 Å². The summed E-state index contributed by atoms with van der Waals surface area (Å²) in [5, 5.41) is 4.24. The molecule has 0 saturated carbocycles. The highest BCUT2D eigenvalue weighted by molar-refractivity contribution is 7.15. The lowest BCUT2D eigenvalue weighted by molar-refractivity contribution is 0.102. The van der Waals surface area contributed by atoms with Crippen LogP contribution in [0.3, 0.4) is 0 Å². The summed E-state index contributed by atoms with van der Waals surface area (Å²) < 4.78 is 1.63. The van der Waals surface area contributed by atoms with Gasteiger partial charge in [-0.2, -0.15) is 0 Å². The van der Waals surface area contributed by atoms with Gasteiger partial charge in [-0.25, -0.2) is 4.98 Å². The minimum absolute atomic E-state index is 0.112. The lowest BCUT2D eigenvalue weighted by Crippen LogP contribution is -2.20. The minimum Gasteiger partial charge on any atom is -0.311 e. The molecule has 6 nitrogen and oxygen atoms in total. The fraction of sp³-hybridized carbons (Fsp3) is 0.182. The zero-order valence-electron chi connectivity index (χ0n) is 16.6. The molecule has 0 atom stereocenters. The van der Waals surface area contributed by atoms with Gasteiger partial charge in [-0.1, -0.05) is 6.07 Å². The predicted molar refractivity (Wildman–Crippen MR) is 117 cm³/mol. The average molecular weight is 404 g/mol. The molecule has 0 aliphatic rings. The van der Waals surface area contributed by atoms with E-state index in [9.17, 15) is 9.59 Å². The van der Waals surface area contributed by atoms with E-state index in [4.69, 9.17) is 0 Å². The number of fused-ring (bicyclic) bond motifs is 1. The standard InChI is InChI=1S/C22H20N4O2S/c1-12-5-6-15(20(27)25-22-24-10-14(3)29-22)8-17(12)18-9-16-11-23-13(2)7-19(16)26(4)21(18)28/h5-11H,1-4H3,(H,24,25,27). The molecule has 4 rings (SSSR count). The number of anilines is 1. The summed E-state index contributed by atoms with van der Waals surface area (Å²) in [6.45, 7) is 5.76. The van der Waals surface area contributed by atoms with Crippen LogP contribution in [0.5, 0.6) is 0 Å². The molecule has 3 heterocycles. The molecule has 29 heavy (non-hydrogen) atoms. The number of pyridine rings is 2. The van der Waals surface area contributed by atoms with E-state index in [0.717, 1.165) is 32.6 Å². The number of hydrogen-bond donors (Lipinski definition) is 1. The topological polar surface area (TPSA) is 76.9 Å². The number of nitrogens with one attached hydrogen (secondary N) is 1. The number of carbonyl (C=O) groups excluding carboxylic acids is 1. The molecular weight excluding hydrogens is 384 g/mol. The maximum absolute atomic E-state index is 13.1. The Morgan fingerprint density at radius 1 is 1.03 bits per heavy atom. The van der Waals surface area contributed by atoms with E-state index in [1.165, 1.54) is 11.3 Å². The van der Waals surface area contributed by atoms with E-state index in [2.05, 4.69) is 15.3 Å². The molecule has 146 valence electrons. The quantitative estimate of drug-likeness (QED) is 0.554.